The van der Waals surface area contributed by atoms with Crippen molar-refractivity contribution in [2.75, 3.05) is 11.0 Å². The normalized spacial score (nSPS) is 33.6. The van der Waals surface area contributed by atoms with Crippen molar-refractivity contribution in [2.24, 2.45) is 5.92 Å². The topological polar surface area (TPSA) is 9.23 Å². The van der Waals surface area contributed by atoms with E-state index in [0.717, 1.165) is 36.0 Å². The maximum absolute atomic E-state index is 12.0. The number of alkyl halides is 3. The second kappa shape index (κ2) is 5.58. The van der Waals surface area contributed by atoms with Crippen LogP contribution in [-0.2, 0) is 4.74 Å². The Kier molecular flexibility index (Phi) is 5.03. The lowest BCUT2D eigenvalue weighted by Gasteiger charge is -2.38. The summed E-state index contributed by atoms with van der Waals surface area (Å²) in [7, 11) is 0. The van der Waals surface area contributed by atoms with Gasteiger partial charge in [-0.3, -0.25) is 0 Å². The minimum absolute atomic E-state index is 0.260. The van der Waals surface area contributed by atoms with Crippen molar-refractivity contribution < 1.29 is 13.5 Å². The van der Waals surface area contributed by atoms with E-state index in [4.69, 9.17) is 4.74 Å². The molecule has 0 aliphatic heterocycles. The molecule has 0 unspecified atom stereocenters. The molecule has 0 saturated heterocycles. The van der Waals surface area contributed by atoms with Gasteiger partial charge in [-0.15, -0.1) is 0 Å². The van der Waals surface area contributed by atoms with E-state index >= 15 is 0 Å². The molecule has 0 aromatic rings. The van der Waals surface area contributed by atoms with E-state index in [1.807, 2.05) is 0 Å². The summed E-state index contributed by atoms with van der Waals surface area (Å²) < 4.78 is 30.3. The van der Waals surface area contributed by atoms with E-state index in [1.54, 1.807) is 0 Å². The van der Waals surface area contributed by atoms with Gasteiger partial charge in [0.15, 0.2) is 0 Å². The van der Waals surface area contributed by atoms with Crippen LogP contribution in [0.3, 0.4) is 0 Å². The second-order valence-electron chi connectivity index (χ2n) is 4.20. The van der Waals surface area contributed by atoms with Crippen LogP contribution >= 0.6 is 22.6 Å². The lowest BCUT2D eigenvalue weighted by Crippen LogP contribution is -2.39. The Morgan fingerprint density at radius 2 is 2.00 bits per heavy atom. The SMILES string of the molecule is CC1CCC(CI)(OCC(F)F)CC1. The number of hydrogen-bond donors (Lipinski definition) is 0. The van der Waals surface area contributed by atoms with Crippen LogP contribution in [0.15, 0.2) is 0 Å². The summed E-state index contributed by atoms with van der Waals surface area (Å²) >= 11 is 2.24. The molecule has 0 spiro atoms. The van der Waals surface area contributed by atoms with Gasteiger partial charge in [-0.05, 0) is 31.6 Å². The van der Waals surface area contributed by atoms with Crippen LogP contribution in [0.1, 0.15) is 32.6 Å². The van der Waals surface area contributed by atoms with Gasteiger partial charge in [-0.2, -0.15) is 0 Å². The van der Waals surface area contributed by atoms with Crippen molar-refractivity contribution in [1.29, 1.82) is 0 Å². The summed E-state index contributed by atoms with van der Waals surface area (Å²) in [6.07, 6.45) is 1.74. The third-order valence-electron chi connectivity index (χ3n) is 2.94. The standard InChI is InChI=1S/C10H17F2IO/c1-8-2-4-10(7-13,5-3-8)14-6-9(11)12/h8-9H,2-7H2,1H3. The van der Waals surface area contributed by atoms with Gasteiger partial charge in [-0.1, -0.05) is 29.5 Å². The molecule has 1 aliphatic carbocycles. The van der Waals surface area contributed by atoms with Gasteiger partial charge in [0.05, 0.1) is 5.60 Å². The zero-order valence-electron chi connectivity index (χ0n) is 8.44. The molecular weight excluding hydrogens is 301 g/mol. The molecule has 1 aliphatic rings. The van der Waals surface area contributed by atoms with Crippen LogP contribution in [0.25, 0.3) is 0 Å². The predicted molar refractivity (Wildman–Crippen MR) is 61.2 cm³/mol. The monoisotopic (exact) mass is 318 g/mol. The molecule has 4 heteroatoms. The second-order valence-corrected chi connectivity index (χ2v) is 4.96. The number of hydrogen-bond acceptors (Lipinski definition) is 1. The highest BCUT2D eigenvalue weighted by atomic mass is 127. The Morgan fingerprint density at radius 3 is 2.43 bits per heavy atom. The van der Waals surface area contributed by atoms with E-state index in [2.05, 4.69) is 29.5 Å². The zero-order valence-corrected chi connectivity index (χ0v) is 10.6. The van der Waals surface area contributed by atoms with Crippen LogP contribution in [0.5, 0.6) is 0 Å². The molecule has 84 valence electrons. The van der Waals surface area contributed by atoms with Gasteiger partial charge in [0, 0.05) is 4.43 Å². The summed E-state index contributed by atoms with van der Waals surface area (Å²) in [6.45, 7) is 1.81. The molecule has 1 saturated carbocycles. The van der Waals surface area contributed by atoms with E-state index in [0.29, 0.717) is 0 Å². The highest BCUT2D eigenvalue weighted by Gasteiger charge is 2.34. The molecule has 0 heterocycles. The van der Waals surface area contributed by atoms with Crippen LogP contribution in [0, 0.1) is 5.92 Å². The summed E-state index contributed by atoms with van der Waals surface area (Å²) in [6, 6.07) is 0. The fourth-order valence-corrected chi connectivity index (χ4v) is 2.83. The smallest absolute Gasteiger partial charge is 0.261 e. The van der Waals surface area contributed by atoms with Crippen molar-refractivity contribution in [2.45, 2.75) is 44.6 Å². The molecule has 14 heavy (non-hydrogen) atoms. The maximum Gasteiger partial charge on any atom is 0.261 e. The fraction of sp³-hybridized carbons (Fsp3) is 1.00. The Bertz CT molecular complexity index is 168. The van der Waals surface area contributed by atoms with Gasteiger partial charge in [0.1, 0.15) is 6.61 Å². The minimum Gasteiger partial charge on any atom is -0.368 e. The van der Waals surface area contributed by atoms with Crippen LogP contribution in [0.2, 0.25) is 0 Å². The summed E-state index contributed by atoms with van der Waals surface area (Å²) in [4.78, 5) is 0. The third kappa shape index (κ3) is 3.61. The van der Waals surface area contributed by atoms with Crippen LogP contribution in [-0.4, -0.2) is 23.1 Å². The molecule has 0 bridgehead atoms. The number of halogens is 3. The predicted octanol–water partition coefficient (Wildman–Crippen LogP) is 3.65. The van der Waals surface area contributed by atoms with Crippen molar-refractivity contribution >= 4 is 22.6 Å². The van der Waals surface area contributed by atoms with Gasteiger partial charge in [-0.25, -0.2) is 8.78 Å². The highest BCUT2D eigenvalue weighted by molar-refractivity contribution is 14.1. The zero-order chi connectivity index (χ0) is 10.6. The molecule has 0 aromatic carbocycles. The fourth-order valence-electron chi connectivity index (χ4n) is 1.84. The molecule has 0 amide bonds. The van der Waals surface area contributed by atoms with Gasteiger partial charge in [0.25, 0.3) is 6.43 Å². The van der Waals surface area contributed by atoms with Crippen LogP contribution in [0.4, 0.5) is 8.78 Å². The van der Waals surface area contributed by atoms with E-state index < -0.39 is 13.0 Å². The Hall–Kier alpha value is 0.550. The minimum atomic E-state index is -2.34. The largest absolute Gasteiger partial charge is 0.368 e. The quantitative estimate of drug-likeness (QED) is 0.568. The first-order valence-corrected chi connectivity index (χ1v) is 6.58. The summed E-state index contributed by atoms with van der Waals surface area (Å²) in [5, 5.41) is 0. The van der Waals surface area contributed by atoms with Gasteiger partial charge < -0.3 is 4.74 Å². The first-order valence-electron chi connectivity index (χ1n) is 5.06. The molecule has 0 aromatic heterocycles. The Balaban J connectivity index is 2.41. The first-order chi connectivity index (χ1) is 6.58. The summed E-state index contributed by atoms with van der Waals surface area (Å²) in [5.74, 6) is 0.723. The van der Waals surface area contributed by atoms with E-state index in [-0.39, 0.29) is 5.60 Å². The molecule has 0 atom stereocenters. The first kappa shape index (κ1) is 12.6. The van der Waals surface area contributed by atoms with E-state index in [1.165, 1.54) is 0 Å². The van der Waals surface area contributed by atoms with Crippen molar-refractivity contribution in [1.82, 2.24) is 0 Å². The van der Waals surface area contributed by atoms with Crippen molar-refractivity contribution in [3.8, 4) is 0 Å². The molecule has 1 rings (SSSR count). The lowest BCUT2D eigenvalue weighted by molar-refractivity contribution is -0.0962. The summed E-state index contributed by atoms with van der Waals surface area (Å²) in [5.41, 5.74) is -0.260. The molecule has 0 N–H and O–H groups in total. The lowest BCUT2D eigenvalue weighted by atomic mass is 9.80. The van der Waals surface area contributed by atoms with Crippen molar-refractivity contribution in [3.05, 3.63) is 0 Å². The average Bonchev–Trinajstić information content (AvgIpc) is 2.18. The molecular formula is C10H17F2IO. The molecule has 1 nitrogen and oxygen atoms in total. The number of rotatable bonds is 4. The average molecular weight is 318 g/mol. The number of ether oxygens (including phenoxy) is 1. The highest BCUT2D eigenvalue weighted by Crippen LogP contribution is 2.36. The maximum atomic E-state index is 12.0. The Labute approximate surface area is 97.7 Å². The van der Waals surface area contributed by atoms with Crippen molar-refractivity contribution in [3.63, 3.8) is 0 Å². The third-order valence-corrected chi connectivity index (χ3v) is 4.33. The Morgan fingerprint density at radius 1 is 1.43 bits per heavy atom. The van der Waals surface area contributed by atoms with Crippen LogP contribution < -0.4 is 0 Å². The van der Waals surface area contributed by atoms with E-state index in [9.17, 15) is 8.78 Å². The van der Waals surface area contributed by atoms with Gasteiger partial charge in [0.2, 0.25) is 0 Å². The van der Waals surface area contributed by atoms with Gasteiger partial charge >= 0.3 is 0 Å². The molecule has 1 fully saturated rings. The molecule has 0 radical (unpaired) electrons.